The second-order valence-electron chi connectivity index (χ2n) is 12.7. The molecule has 20 heteroatoms. The van der Waals surface area contributed by atoms with E-state index in [4.69, 9.17) is 9.47 Å². The lowest BCUT2D eigenvalue weighted by atomic mass is 9.66. The Bertz CT molecular complexity index is 1400. The summed E-state index contributed by atoms with van der Waals surface area (Å²) < 4.78 is 133. The average Bonchev–Trinajstić information content (AvgIpc) is 3.33. The third kappa shape index (κ3) is 6.25. The number of esters is 4. The topological polar surface area (TPSA) is 220 Å². The molecule has 0 radical (unpaired) electrons. The Balaban J connectivity index is 0. The first-order valence-corrected chi connectivity index (χ1v) is 15.7. The van der Waals surface area contributed by atoms with Crippen molar-refractivity contribution in [1.82, 2.24) is 0 Å². The van der Waals surface area contributed by atoms with Gasteiger partial charge in [0.05, 0.1) is 10.8 Å². The number of carbonyl (C=O) groups is 4. The van der Waals surface area contributed by atoms with Crippen molar-refractivity contribution in [1.29, 1.82) is 0 Å². The summed E-state index contributed by atoms with van der Waals surface area (Å²) >= 11 is 0. The maximum absolute atomic E-state index is 13.1. The fraction of sp³-hybridized carbons (Fsp3) is 0.821. The highest BCUT2D eigenvalue weighted by atomic mass is 32.2. The fourth-order valence-corrected chi connectivity index (χ4v) is 6.49. The predicted octanol–water partition coefficient (Wildman–Crippen LogP) is 3.94. The number of hydrogen-bond acceptors (Lipinski definition) is 14. The van der Waals surface area contributed by atoms with Gasteiger partial charge in [0.1, 0.15) is 0 Å². The molecule has 14 nitrogen and oxygen atoms in total. The zero-order valence-corrected chi connectivity index (χ0v) is 26.9. The van der Waals surface area contributed by atoms with Gasteiger partial charge in [0.2, 0.25) is 11.2 Å². The molecule has 4 unspecified atom stereocenters. The van der Waals surface area contributed by atoms with Gasteiger partial charge >= 0.3 is 34.4 Å². The second-order valence-corrected chi connectivity index (χ2v) is 15.7. The molecule has 0 spiro atoms. The molecule has 4 aliphatic rings. The van der Waals surface area contributed by atoms with Gasteiger partial charge in [0.15, 0.2) is 33.5 Å². The van der Waals surface area contributed by atoms with Gasteiger partial charge in [-0.1, -0.05) is 50.0 Å². The van der Waals surface area contributed by atoms with E-state index in [1.807, 2.05) is 0 Å². The third-order valence-electron chi connectivity index (χ3n) is 10.3. The lowest BCUT2D eigenvalue weighted by Crippen LogP contribution is -2.50. The summed E-state index contributed by atoms with van der Waals surface area (Å²) in [5, 5.41) is -9.48. The number of rotatable bonds is 8. The van der Waals surface area contributed by atoms with Crippen LogP contribution in [0.15, 0.2) is 0 Å². The van der Waals surface area contributed by atoms with E-state index >= 15 is 0 Å². The molecule has 2 heterocycles. The van der Waals surface area contributed by atoms with Crippen molar-refractivity contribution < 1.29 is 81.6 Å². The molecule has 4 atom stereocenters. The Labute approximate surface area is 279 Å². The third-order valence-corrected chi connectivity index (χ3v) is 12.0. The normalized spacial score (nSPS) is 30.8. The first-order chi connectivity index (χ1) is 19.4. The van der Waals surface area contributed by atoms with Gasteiger partial charge in [0.25, 0.3) is 0 Å². The Morgan fingerprint density at radius 1 is 0.667 bits per heavy atom. The zero-order chi connectivity index (χ0) is 34.4. The van der Waals surface area contributed by atoms with Gasteiger partial charge in [0, 0.05) is 18.3 Å². The highest BCUT2D eigenvalue weighted by molar-refractivity contribution is 7.87. The molecule has 0 N–H and O–H groups in total. The monoisotopic (exact) mass is 745 g/mol. The SMILES string of the molecule is C.C.C.CC12CCC(C(=O)OCC(F)(F)S(=O)(=O)[O-])(OC1=O)C2(C)C.CC12CCC(C(=O)OCC(F)(F)S(=O)(=O)[O-])(OC1=O)C2(C)C.[CH3+]. The molecule has 282 valence electrons. The lowest BCUT2D eigenvalue weighted by molar-refractivity contribution is -0.186. The van der Waals surface area contributed by atoms with Crippen LogP contribution in [0.4, 0.5) is 17.6 Å². The van der Waals surface area contributed by atoms with Crippen LogP contribution in [-0.4, -0.2) is 84.7 Å². The molecule has 0 aromatic heterocycles. The summed E-state index contributed by atoms with van der Waals surface area (Å²) in [6.45, 7) is 5.70. The first-order valence-electron chi connectivity index (χ1n) is 12.9. The van der Waals surface area contributed by atoms with E-state index in [0.717, 1.165) is 0 Å². The molecule has 4 fully saturated rings. The molecule has 2 saturated heterocycles. The molecule has 0 aromatic carbocycles. The maximum Gasteiger partial charge on any atom is 0.367 e. The van der Waals surface area contributed by atoms with Crippen molar-refractivity contribution in [3.05, 3.63) is 7.43 Å². The molecular formula is C28H45F4O14S2-. The highest BCUT2D eigenvalue weighted by Crippen LogP contribution is 2.67. The molecule has 0 aromatic rings. The van der Waals surface area contributed by atoms with E-state index in [9.17, 15) is 62.7 Å². The van der Waals surface area contributed by atoms with Gasteiger partial charge in [-0.25, -0.2) is 26.4 Å². The molecule has 2 aliphatic heterocycles. The minimum absolute atomic E-state index is 0. The van der Waals surface area contributed by atoms with Crippen LogP contribution in [0, 0.1) is 29.1 Å². The second kappa shape index (κ2) is 13.2. The Kier molecular flexibility index (Phi) is 13.0. The van der Waals surface area contributed by atoms with Gasteiger partial charge < -0.3 is 28.1 Å². The molecular weight excluding hydrogens is 700 g/mol. The van der Waals surface area contributed by atoms with Crippen LogP contribution >= 0.6 is 0 Å². The van der Waals surface area contributed by atoms with Gasteiger partial charge in [-0.3, -0.25) is 9.59 Å². The number of hydrogen-bond donors (Lipinski definition) is 0. The number of alkyl halides is 4. The summed E-state index contributed by atoms with van der Waals surface area (Å²) in [7, 11) is -11.9. The minimum atomic E-state index is -5.96. The van der Waals surface area contributed by atoms with Gasteiger partial charge in [-0.2, -0.15) is 17.6 Å². The Morgan fingerprint density at radius 3 is 1.08 bits per heavy atom. The summed E-state index contributed by atoms with van der Waals surface area (Å²) in [6, 6.07) is 0. The highest BCUT2D eigenvalue weighted by Gasteiger charge is 2.77. The van der Waals surface area contributed by atoms with Gasteiger partial charge in [-0.05, 0) is 39.5 Å². The molecule has 4 rings (SSSR count). The van der Waals surface area contributed by atoms with Crippen molar-refractivity contribution in [2.75, 3.05) is 13.2 Å². The van der Waals surface area contributed by atoms with E-state index < -0.39 is 101 Å². The summed E-state index contributed by atoms with van der Waals surface area (Å²) in [5.74, 6) is -3.81. The van der Waals surface area contributed by atoms with Crippen LogP contribution in [0.5, 0.6) is 0 Å². The van der Waals surface area contributed by atoms with Crippen LogP contribution in [0.1, 0.15) is 89.5 Å². The smallest absolute Gasteiger partial charge is 0.367 e. The summed E-state index contributed by atoms with van der Waals surface area (Å²) in [4.78, 5) is 48.2. The maximum atomic E-state index is 13.1. The standard InChI is InChI=1S/2C12H16F2O7S.3CH4.CH3/c2*1-9(2)10(3)4-5-11(9,21-7(10)15)8(16)20-6-12(13,14)22(17,18)19;;;;/h2*4-6H2,1-3H3,(H,17,18,19);3*1H4;1H3/q;;;;;+1/p-2. The van der Waals surface area contributed by atoms with Crippen LogP contribution in [0.2, 0.25) is 0 Å². The van der Waals surface area contributed by atoms with Crippen LogP contribution in [0.3, 0.4) is 0 Å². The lowest BCUT2D eigenvalue weighted by Gasteiger charge is -2.34. The average molecular weight is 746 g/mol. The summed E-state index contributed by atoms with van der Waals surface area (Å²) in [5.41, 5.74) is -7.44. The Morgan fingerprint density at radius 2 is 0.917 bits per heavy atom. The van der Waals surface area contributed by atoms with Crippen LogP contribution < -0.4 is 0 Å². The van der Waals surface area contributed by atoms with Crippen molar-refractivity contribution in [2.24, 2.45) is 21.7 Å². The van der Waals surface area contributed by atoms with Crippen LogP contribution in [-0.2, 0) is 58.4 Å². The zero-order valence-electron chi connectivity index (χ0n) is 25.3. The fourth-order valence-electron chi connectivity index (χ4n) is 6.08. The van der Waals surface area contributed by atoms with Crippen LogP contribution in [0.25, 0.3) is 0 Å². The Hall–Kier alpha value is -2.71. The van der Waals surface area contributed by atoms with E-state index in [1.54, 1.807) is 41.5 Å². The largest absolute Gasteiger partial charge is 0.743 e. The van der Waals surface area contributed by atoms with Crippen molar-refractivity contribution in [3.63, 3.8) is 0 Å². The predicted molar refractivity (Wildman–Crippen MR) is 158 cm³/mol. The first kappa shape index (κ1) is 47.4. The molecule has 2 saturated carbocycles. The molecule has 2 aliphatic carbocycles. The van der Waals surface area contributed by atoms with E-state index in [0.29, 0.717) is 12.8 Å². The molecule has 4 bridgehead atoms. The van der Waals surface area contributed by atoms with Crippen molar-refractivity contribution in [2.45, 2.75) is 111 Å². The quantitative estimate of drug-likeness (QED) is 0.113. The van der Waals surface area contributed by atoms with E-state index in [1.165, 1.54) is 0 Å². The minimum Gasteiger partial charge on any atom is -0.743 e. The number of halogens is 4. The number of carbonyl (C=O) groups excluding carboxylic acids is 4. The number of ether oxygens (including phenoxy) is 4. The molecule has 0 amide bonds. The number of fused-ring (bicyclic) bond motifs is 4. The van der Waals surface area contributed by atoms with E-state index in [-0.39, 0.29) is 42.5 Å². The van der Waals surface area contributed by atoms with Crippen molar-refractivity contribution >= 4 is 44.1 Å². The van der Waals surface area contributed by atoms with E-state index in [2.05, 4.69) is 9.47 Å². The molecule has 48 heavy (non-hydrogen) atoms. The van der Waals surface area contributed by atoms with Crippen molar-refractivity contribution in [3.8, 4) is 0 Å². The summed E-state index contributed by atoms with van der Waals surface area (Å²) in [6.07, 6.45) is 0.780. The van der Waals surface area contributed by atoms with Gasteiger partial charge in [-0.15, -0.1) is 0 Å².